The number of aromatic carboxylic acids is 1. The van der Waals surface area contributed by atoms with Crippen LogP contribution in [-0.2, 0) is 6.18 Å². The van der Waals surface area contributed by atoms with E-state index < -0.39 is 23.3 Å². The van der Waals surface area contributed by atoms with Gasteiger partial charge in [-0.3, -0.25) is 0 Å². The number of benzene rings is 1. The maximum atomic E-state index is 12.8. The van der Waals surface area contributed by atoms with Crippen LogP contribution in [0.3, 0.4) is 0 Å². The van der Waals surface area contributed by atoms with Crippen molar-refractivity contribution in [3.05, 3.63) is 29.3 Å². The molecular formula is C14H14F3NO2. The van der Waals surface area contributed by atoms with Crippen molar-refractivity contribution in [2.45, 2.75) is 25.4 Å². The van der Waals surface area contributed by atoms with Gasteiger partial charge in [0.05, 0.1) is 11.1 Å². The molecule has 0 fully saturated rings. The number of carboxylic acids is 1. The van der Waals surface area contributed by atoms with Gasteiger partial charge < -0.3 is 10.4 Å². The zero-order chi connectivity index (χ0) is 15.2. The summed E-state index contributed by atoms with van der Waals surface area (Å²) in [6.07, 6.45) is 2.51. The van der Waals surface area contributed by atoms with E-state index in [-0.39, 0.29) is 5.69 Å². The van der Waals surface area contributed by atoms with Gasteiger partial charge in [-0.2, -0.15) is 13.2 Å². The first-order valence-electron chi connectivity index (χ1n) is 5.98. The van der Waals surface area contributed by atoms with Gasteiger partial charge >= 0.3 is 12.1 Å². The minimum Gasteiger partial charge on any atom is -0.478 e. The zero-order valence-electron chi connectivity index (χ0n) is 10.6. The molecule has 0 unspecified atom stereocenters. The number of rotatable bonds is 6. The Hall–Kier alpha value is -2.16. The van der Waals surface area contributed by atoms with Gasteiger partial charge in [0.2, 0.25) is 0 Å². The van der Waals surface area contributed by atoms with E-state index in [2.05, 4.69) is 11.2 Å². The van der Waals surface area contributed by atoms with Crippen molar-refractivity contribution >= 4 is 11.7 Å². The summed E-state index contributed by atoms with van der Waals surface area (Å²) in [4.78, 5) is 10.8. The molecule has 0 spiro atoms. The number of terminal acetylenes is 1. The molecule has 108 valence electrons. The average Bonchev–Trinajstić information content (AvgIpc) is 2.37. The Labute approximate surface area is 114 Å². The molecule has 0 heterocycles. The molecule has 0 radical (unpaired) electrons. The second-order valence-corrected chi connectivity index (χ2v) is 4.15. The molecule has 0 aliphatic rings. The van der Waals surface area contributed by atoms with Crippen molar-refractivity contribution in [3.8, 4) is 12.3 Å². The predicted octanol–water partition coefficient (Wildman–Crippen LogP) is 3.62. The molecule has 1 aromatic carbocycles. The Morgan fingerprint density at radius 1 is 1.35 bits per heavy atom. The number of hydrogen-bond donors (Lipinski definition) is 2. The van der Waals surface area contributed by atoms with Gasteiger partial charge in [-0.05, 0) is 31.0 Å². The van der Waals surface area contributed by atoms with Crippen LogP contribution < -0.4 is 5.32 Å². The first-order chi connectivity index (χ1) is 9.36. The smallest absolute Gasteiger partial charge is 0.417 e. The zero-order valence-corrected chi connectivity index (χ0v) is 10.6. The summed E-state index contributed by atoms with van der Waals surface area (Å²) >= 11 is 0. The van der Waals surface area contributed by atoms with Gasteiger partial charge in [0.15, 0.2) is 0 Å². The summed E-state index contributed by atoms with van der Waals surface area (Å²) in [6, 6.07) is 3.08. The number of nitrogens with one attached hydrogen (secondary N) is 1. The van der Waals surface area contributed by atoms with Gasteiger partial charge in [-0.15, -0.1) is 12.3 Å². The van der Waals surface area contributed by atoms with Crippen LogP contribution in [0.25, 0.3) is 0 Å². The van der Waals surface area contributed by atoms with Crippen molar-refractivity contribution in [2.24, 2.45) is 0 Å². The van der Waals surface area contributed by atoms with Crippen molar-refractivity contribution in [3.63, 3.8) is 0 Å². The third-order valence-corrected chi connectivity index (χ3v) is 2.63. The summed E-state index contributed by atoms with van der Waals surface area (Å²) in [5, 5.41) is 11.6. The molecule has 0 bridgehead atoms. The number of alkyl halides is 3. The molecule has 3 nitrogen and oxygen atoms in total. The summed E-state index contributed by atoms with van der Waals surface area (Å²) < 4.78 is 38.3. The second kappa shape index (κ2) is 6.85. The maximum absolute atomic E-state index is 12.8. The van der Waals surface area contributed by atoms with Crippen LogP contribution in [0.1, 0.15) is 35.2 Å². The lowest BCUT2D eigenvalue weighted by Crippen LogP contribution is -2.14. The molecule has 0 saturated carbocycles. The van der Waals surface area contributed by atoms with Gasteiger partial charge in [0, 0.05) is 18.7 Å². The minimum atomic E-state index is -4.70. The lowest BCUT2D eigenvalue weighted by Gasteiger charge is -2.13. The highest BCUT2D eigenvalue weighted by atomic mass is 19.4. The Morgan fingerprint density at radius 2 is 2.05 bits per heavy atom. The fourth-order valence-corrected chi connectivity index (χ4v) is 1.66. The van der Waals surface area contributed by atoms with Crippen LogP contribution in [-0.4, -0.2) is 17.6 Å². The van der Waals surface area contributed by atoms with Gasteiger partial charge in [0.1, 0.15) is 0 Å². The Morgan fingerprint density at radius 3 is 2.60 bits per heavy atom. The van der Waals surface area contributed by atoms with Crippen LogP contribution in [0, 0.1) is 12.3 Å². The molecule has 2 N–H and O–H groups in total. The van der Waals surface area contributed by atoms with E-state index in [4.69, 9.17) is 11.5 Å². The molecule has 6 heteroatoms. The van der Waals surface area contributed by atoms with E-state index in [0.717, 1.165) is 25.0 Å². The predicted molar refractivity (Wildman–Crippen MR) is 69.6 cm³/mol. The number of halogens is 3. The van der Waals surface area contributed by atoms with E-state index in [1.54, 1.807) is 0 Å². The Kier molecular flexibility index (Phi) is 5.44. The molecule has 0 aliphatic carbocycles. The molecule has 20 heavy (non-hydrogen) atoms. The van der Waals surface area contributed by atoms with Crippen molar-refractivity contribution in [2.75, 3.05) is 11.9 Å². The fraction of sp³-hybridized carbons (Fsp3) is 0.357. The quantitative estimate of drug-likeness (QED) is 0.620. The summed E-state index contributed by atoms with van der Waals surface area (Å²) in [6.45, 7) is 0.478. The minimum absolute atomic E-state index is 0.239. The molecule has 1 rings (SSSR count). The van der Waals surface area contributed by atoms with Gasteiger partial charge in [-0.25, -0.2) is 4.79 Å². The maximum Gasteiger partial charge on any atom is 0.417 e. The SMILES string of the molecule is C#CCCCCNc1ccc(C(=O)O)c(C(F)(F)F)c1. The lowest BCUT2D eigenvalue weighted by molar-refractivity contribution is -0.138. The summed E-state index contributed by atoms with van der Waals surface area (Å²) in [5.74, 6) is 0.874. The molecule has 0 atom stereocenters. The van der Waals surface area contributed by atoms with Gasteiger partial charge in [0.25, 0.3) is 0 Å². The highest BCUT2D eigenvalue weighted by molar-refractivity contribution is 5.90. The summed E-state index contributed by atoms with van der Waals surface area (Å²) in [5.41, 5.74) is -1.67. The molecule has 0 aromatic heterocycles. The third kappa shape index (κ3) is 4.50. The van der Waals surface area contributed by atoms with E-state index in [1.165, 1.54) is 6.07 Å². The standard InChI is InChI=1S/C14H14F3NO2/c1-2-3-4-5-8-18-10-6-7-11(13(19)20)12(9-10)14(15,16)17/h1,6-7,9,18H,3-5,8H2,(H,19,20). The van der Waals surface area contributed by atoms with E-state index >= 15 is 0 Å². The fourth-order valence-electron chi connectivity index (χ4n) is 1.66. The largest absolute Gasteiger partial charge is 0.478 e. The first-order valence-corrected chi connectivity index (χ1v) is 5.98. The van der Waals surface area contributed by atoms with E-state index in [1.807, 2.05) is 0 Å². The number of carboxylic acid groups (broad SMARTS) is 1. The number of hydrogen-bond acceptors (Lipinski definition) is 2. The van der Waals surface area contributed by atoms with Crippen molar-refractivity contribution < 1.29 is 23.1 Å². The highest BCUT2D eigenvalue weighted by Crippen LogP contribution is 2.33. The number of carbonyl (C=O) groups is 1. The Balaban J connectivity index is 2.80. The topological polar surface area (TPSA) is 49.3 Å². The monoisotopic (exact) mass is 285 g/mol. The lowest BCUT2D eigenvalue weighted by atomic mass is 10.1. The molecule has 0 amide bonds. The Bertz CT molecular complexity index is 518. The third-order valence-electron chi connectivity index (χ3n) is 2.63. The molecule has 0 saturated heterocycles. The summed E-state index contributed by atoms with van der Waals surface area (Å²) in [7, 11) is 0. The van der Waals surface area contributed by atoms with Crippen LogP contribution >= 0.6 is 0 Å². The molecule has 1 aromatic rings. The van der Waals surface area contributed by atoms with Crippen LogP contribution in [0.2, 0.25) is 0 Å². The van der Waals surface area contributed by atoms with E-state index in [0.29, 0.717) is 13.0 Å². The van der Waals surface area contributed by atoms with Gasteiger partial charge in [-0.1, -0.05) is 0 Å². The van der Waals surface area contributed by atoms with Crippen molar-refractivity contribution in [1.29, 1.82) is 0 Å². The van der Waals surface area contributed by atoms with Crippen molar-refractivity contribution in [1.82, 2.24) is 0 Å². The second-order valence-electron chi connectivity index (χ2n) is 4.15. The normalized spacial score (nSPS) is 10.9. The number of anilines is 1. The molecule has 0 aliphatic heterocycles. The number of unbranched alkanes of at least 4 members (excludes halogenated alkanes) is 2. The molecular weight excluding hydrogens is 271 g/mol. The highest BCUT2D eigenvalue weighted by Gasteiger charge is 2.35. The first kappa shape index (κ1) is 15.9. The van der Waals surface area contributed by atoms with Crippen LogP contribution in [0.5, 0.6) is 0 Å². The van der Waals surface area contributed by atoms with E-state index in [9.17, 15) is 18.0 Å². The average molecular weight is 285 g/mol. The van der Waals surface area contributed by atoms with Crippen LogP contribution in [0.4, 0.5) is 18.9 Å². The van der Waals surface area contributed by atoms with Crippen LogP contribution in [0.15, 0.2) is 18.2 Å².